The van der Waals surface area contributed by atoms with Crippen LogP contribution in [-0.4, -0.2) is 17.7 Å². The summed E-state index contributed by atoms with van der Waals surface area (Å²) in [6.45, 7) is 2.21. The van der Waals surface area contributed by atoms with Gasteiger partial charge in [-0.15, -0.1) is 11.8 Å². The van der Waals surface area contributed by atoms with Crippen molar-refractivity contribution in [2.24, 2.45) is 0 Å². The second kappa shape index (κ2) is 8.86. The third kappa shape index (κ3) is 5.68. The van der Waals surface area contributed by atoms with Crippen LogP contribution in [0.1, 0.15) is 13.3 Å². The highest BCUT2D eigenvalue weighted by Gasteiger charge is 2.09. The van der Waals surface area contributed by atoms with Crippen LogP contribution in [0.3, 0.4) is 0 Å². The molecular weight excluding hydrogens is 306 g/mol. The summed E-state index contributed by atoms with van der Waals surface area (Å²) in [5.74, 6) is -0.0962. The molecule has 1 atom stereocenters. The molecule has 0 fully saturated rings. The molecule has 0 saturated carbocycles. The van der Waals surface area contributed by atoms with Crippen molar-refractivity contribution < 1.29 is 4.79 Å². The Bertz CT molecular complexity index is 682. The summed E-state index contributed by atoms with van der Waals surface area (Å²) in [5.41, 5.74) is 1.69. The topological polar surface area (TPSA) is 64.9 Å². The minimum atomic E-state index is -0.0962. The second-order valence-corrected chi connectivity index (χ2v) is 6.53. The molecule has 2 rings (SSSR count). The Morgan fingerprint density at radius 3 is 2.61 bits per heavy atom. The van der Waals surface area contributed by atoms with Gasteiger partial charge in [0.2, 0.25) is 5.91 Å². The fraction of sp³-hybridized carbons (Fsp3) is 0.222. The number of amides is 1. The van der Waals surface area contributed by atoms with Gasteiger partial charge in [0.05, 0.1) is 12.6 Å². The number of nitrogens with one attached hydrogen (secondary N) is 2. The molecule has 0 saturated heterocycles. The van der Waals surface area contributed by atoms with Crippen LogP contribution in [-0.2, 0) is 4.79 Å². The lowest BCUT2D eigenvalue weighted by Gasteiger charge is -2.14. The zero-order valence-electron chi connectivity index (χ0n) is 13.0. The molecule has 0 radical (unpaired) electrons. The summed E-state index contributed by atoms with van der Waals surface area (Å²) < 4.78 is 0. The Kier molecular flexibility index (Phi) is 6.52. The Hall–Kier alpha value is -2.45. The summed E-state index contributed by atoms with van der Waals surface area (Å²) in [4.78, 5) is 13.0. The lowest BCUT2D eigenvalue weighted by atomic mass is 10.3. The van der Waals surface area contributed by atoms with Gasteiger partial charge in [0.15, 0.2) is 0 Å². The average molecular weight is 325 g/mol. The Labute approximate surface area is 140 Å². The van der Waals surface area contributed by atoms with Gasteiger partial charge in [-0.1, -0.05) is 37.3 Å². The minimum absolute atomic E-state index is 0.0962. The van der Waals surface area contributed by atoms with Crippen LogP contribution in [0.25, 0.3) is 0 Å². The molecule has 5 heteroatoms. The van der Waals surface area contributed by atoms with Gasteiger partial charge in [-0.2, -0.15) is 5.26 Å². The van der Waals surface area contributed by atoms with Crippen molar-refractivity contribution in [1.29, 1.82) is 5.26 Å². The first-order valence-electron chi connectivity index (χ1n) is 7.40. The highest BCUT2D eigenvalue weighted by atomic mass is 32.2. The molecule has 0 aliphatic carbocycles. The van der Waals surface area contributed by atoms with Crippen LogP contribution in [0.2, 0.25) is 0 Å². The van der Waals surface area contributed by atoms with Gasteiger partial charge < -0.3 is 10.6 Å². The monoisotopic (exact) mass is 325 g/mol. The maximum absolute atomic E-state index is 12.0. The first-order chi connectivity index (χ1) is 11.2. The van der Waals surface area contributed by atoms with Gasteiger partial charge >= 0.3 is 0 Å². The van der Waals surface area contributed by atoms with Gasteiger partial charge in [-0.3, -0.25) is 4.79 Å². The summed E-state index contributed by atoms with van der Waals surface area (Å²) in [7, 11) is 0. The second-order valence-electron chi connectivity index (χ2n) is 5.05. The molecule has 2 N–H and O–H groups in total. The molecule has 2 aromatic carbocycles. The third-order valence-corrected chi connectivity index (χ3v) is 4.27. The van der Waals surface area contributed by atoms with Crippen LogP contribution >= 0.6 is 11.8 Å². The third-order valence-electron chi connectivity index (χ3n) is 3.09. The number of nitrogens with zero attached hydrogens (tertiary/aromatic N) is 1. The maximum Gasteiger partial charge on any atom is 0.243 e. The number of carbonyl (C=O) groups is 1. The molecule has 0 spiro atoms. The lowest BCUT2D eigenvalue weighted by molar-refractivity contribution is -0.114. The largest absolute Gasteiger partial charge is 0.375 e. The summed E-state index contributed by atoms with van der Waals surface area (Å²) in [6.07, 6.45) is 0.494. The van der Waals surface area contributed by atoms with E-state index in [1.807, 2.05) is 61.5 Å². The van der Waals surface area contributed by atoms with Crippen molar-refractivity contribution in [1.82, 2.24) is 0 Å². The van der Waals surface area contributed by atoms with E-state index in [9.17, 15) is 4.79 Å². The van der Waals surface area contributed by atoms with E-state index >= 15 is 0 Å². The number of hydrogen-bond donors (Lipinski definition) is 2. The van der Waals surface area contributed by atoms with Crippen molar-refractivity contribution >= 4 is 29.0 Å². The number of carbonyl (C=O) groups excluding carboxylic acids is 1. The average Bonchev–Trinajstić information content (AvgIpc) is 2.55. The van der Waals surface area contributed by atoms with Crippen molar-refractivity contribution in [3.8, 4) is 6.07 Å². The minimum Gasteiger partial charge on any atom is -0.375 e. The van der Waals surface area contributed by atoms with Gasteiger partial charge in [-0.25, -0.2) is 0 Å². The number of rotatable bonds is 7. The summed E-state index contributed by atoms with van der Waals surface area (Å²) >= 11 is 1.63. The molecule has 0 bridgehead atoms. The highest BCUT2D eigenvalue weighted by Crippen LogP contribution is 2.31. The standard InChI is InChI=1S/C18H19N3OS/c1-14(11-12-19)23-17-10-6-5-9-16(17)20-13-18(22)21-15-7-3-2-4-8-15/h2-10,14,20H,11,13H2,1H3,(H,21,22)/t14-/m0/s1. The number of thioether (sulfide) groups is 1. The Balaban J connectivity index is 1.92. The zero-order valence-corrected chi connectivity index (χ0v) is 13.8. The number of hydrogen-bond acceptors (Lipinski definition) is 4. The number of para-hydroxylation sites is 2. The van der Waals surface area contributed by atoms with Crippen molar-refractivity contribution in [2.45, 2.75) is 23.5 Å². The maximum atomic E-state index is 12.0. The van der Waals surface area contributed by atoms with E-state index in [4.69, 9.17) is 5.26 Å². The molecule has 0 unspecified atom stereocenters. The van der Waals surface area contributed by atoms with Crippen LogP contribution in [0, 0.1) is 11.3 Å². The predicted octanol–water partition coefficient (Wildman–Crippen LogP) is 4.13. The van der Waals surface area contributed by atoms with Gasteiger partial charge in [0, 0.05) is 27.9 Å². The molecule has 0 aromatic heterocycles. The molecule has 0 aliphatic rings. The Morgan fingerprint density at radius 1 is 1.17 bits per heavy atom. The van der Waals surface area contributed by atoms with E-state index in [0.717, 1.165) is 16.3 Å². The predicted molar refractivity (Wildman–Crippen MR) is 95.6 cm³/mol. The summed E-state index contributed by atoms with van der Waals surface area (Å²) in [6, 6.07) is 19.4. The number of anilines is 2. The van der Waals surface area contributed by atoms with Crippen LogP contribution in [0.5, 0.6) is 0 Å². The molecule has 118 valence electrons. The number of benzene rings is 2. The quantitative estimate of drug-likeness (QED) is 0.751. The molecule has 0 aliphatic heterocycles. The number of nitriles is 1. The van der Waals surface area contributed by atoms with Crippen molar-refractivity contribution in [3.63, 3.8) is 0 Å². The van der Waals surface area contributed by atoms with E-state index in [2.05, 4.69) is 16.7 Å². The molecule has 2 aromatic rings. The molecular formula is C18H19N3OS. The first-order valence-corrected chi connectivity index (χ1v) is 8.28. The van der Waals surface area contributed by atoms with E-state index in [1.165, 1.54) is 0 Å². The van der Waals surface area contributed by atoms with Crippen LogP contribution in [0.4, 0.5) is 11.4 Å². The van der Waals surface area contributed by atoms with E-state index in [0.29, 0.717) is 6.42 Å². The lowest BCUT2D eigenvalue weighted by Crippen LogP contribution is -2.21. The fourth-order valence-electron chi connectivity index (χ4n) is 2.00. The van der Waals surface area contributed by atoms with Gasteiger partial charge in [0.1, 0.15) is 0 Å². The zero-order chi connectivity index (χ0) is 16.5. The molecule has 0 heterocycles. The van der Waals surface area contributed by atoms with Crippen molar-refractivity contribution in [2.75, 3.05) is 17.2 Å². The van der Waals surface area contributed by atoms with E-state index < -0.39 is 0 Å². The van der Waals surface area contributed by atoms with E-state index in [-0.39, 0.29) is 17.7 Å². The normalized spacial score (nSPS) is 11.3. The van der Waals surface area contributed by atoms with Gasteiger partial charge in [-0.05, 0) is 24.3 Å². The molecule has 23 heavy (non-hydrogen) atoms. The SMILES string of the molecule is C[C@@H](CC#N)Sc1ccccc1NCC(=O)Nc1ccccc1. The fourth-order valence-corrected chi connectivity index (χ4v) is 3.02. The first kappa shape index (κ1) is 16.9. The molecule has 1 amide bonds. The van der Waals surface area contributed by atoms with E-state index in [1.54, 1.807) is 11.8 Å². The highest BCUT2D eigenvalue weighted by molar-refractivity contribution is 8.00. The van der Waals surface area contributed by atoms with Crippen LogP contribution < -0.4 is 10.6 Å². The summed E-state index contributed by atoms with van der Waals surface area (Å²) in [5, 5.41) is 15.0. The van der Waals surface area contributed by atoms with Crippen molar-refractivity contribution in [3.05, 3.63) is 54.6 Å². The van der Waals surface area contributed by atoms with Crippen LogP contribution in [0.15, 0.2) is 59.5 Å². The smallest absolute Gasteiger partial charge is 0.243 e. The Morgan fingerprint density at radius 2 is 1.87 bits per heavy atom. The van der Waals surface area contributed by atoms with Gasteiger partial charge in [0.25, 0.3) is 0 Å². The molecule has 4 nitrogen and oxygen atoms in total.